The van der Waals surface area contributed by atoms with Crippen molar-refractivity contribution in [3.05, 3.63) is 0 Å². The lowest BCUT2D eigenvalue weighted by atomic mass is 10.1. The summed E-state index contributed by atoms with van der Waals surface area (Å²) in [5, 5.41) is 0. The molecule has 0 saturated carbocycles. The van der Waals surface area contributed by atoms with Crippen molar-refractivity contribution < 1.29 is 18.9 Å². The van der Waals surface area contributed by atoms with E-state index in [1.54, 1.807) is 0 Å². The van der Waals surface area contributed by atoms with Crippen LogP contribution in [-0.2, 0) is 18.9 Å². The van der Waals surface area contributed by atoms with Gasteiger partial charge in [0.25, 0.3) is 0 Å². The molecule has 0 amide bonds. The Kier molecular flexibility index (Phi) is 18.1. The molecule has 0 fully saturated rings. The van der Waals surface area contributed by atoms with Gasteiger partial charge < -0.3 is 18.9 Å². The topological polar surface area (TPSA) is 36.9 Å². The van der Waals surface area contributed by atoms with E-state index < -0.39 is 0 Å². The van der Waals surface area contributed by atoms with E-state index in [0.717, 1.165) is 6.61 Å². The Labute approximate surface area is 144 Å². The number of ether oxygens (including phenoxy) is 4. The zero-order chi connectivity index (χ0) is 17.2. The van der Waals surface area contributed by atoms with E-state index in [9.17, 15) is 0 Å². The molecule has 0 aliphatic heterocycles. The molecule has 0 saturated heterocycles. The molecule has 4 heteroatoms. The second-order valence-corrected chi connectivity index (χ2v) is 6.13. The monoisotopic (exact) mass is 332 g/mol. The zero-order valence-corrected chi connectivity index (χ0v) is 16.0. The number of unbranched alkanes of at least 4 members (excludes halogenated alkanes) is 7. The lowest BCUT2D eigenvalue weighted by Gasteiger charge is -2.18. The summed E-state index contributed by atoms with van der Waals surface area (Å²) in [5.74, 6) is 0. The van der Waals surface area contributed by atoms with Crippen LogP contribution in [0.15, 0.2) is 0 Å². The summed E-state index contributed by atoms with van der Waals surface area (Å²) in [4.78, 5) is 0. The fraction of sp³-hybridized carbons (Fsp3) is 1.00. The molecular weight excluding hydrogens is 292 g/mol. The van der Waals surface area contributed by atoms with Gasteiger partial charge in [-0.05, 0) is 27.2 Å². The highest BCUT2D eigenvalue weighted by molar-refractivity contribution is 4.49. The predicted octanol–water partition coefficient (Wildman–Crippen LogP) is 4.95. The molecular formula is C19H40O4. The van der Waals surface area contributed by atoms with E-state index in [1.807, 2.05) is 20.8 Å². The summed E-state index contributed by atoms with van der Waals surface area (Å²) in [6.45, 7) is 11.5. The van der Waals surface area contributed by atoms with Crippen molar-refractivity contribution in [2.75, 3.05) is 33.0 Å². The van der Waals surface area contributed by atoms with Crippen molar-refractivity contribution in [2.45, 2.75) is 91.5 Å². The van der Waals surface area contributed by atoms with Crippen molar-refractivity contribution in [2.24, 2.45) is 0 Å². The summed E-state index contributed by atoms with van der Waals surface area (Å²) in [6, 6.07) is 0. The molecule has 4 nitrogen and oxygen atoms in total. The Bertz CT molecular complexity index is 223. The van der Waals surface area contributed by atoms with Gasteiger partial charge in [0, 0.05) is 13.2 Å². The van der Waals surface area contributed by atoms with Gasteiger partial charge in [-0.1, -0.05) is 51.9 Å². The van der Waals surface area contributed by atoms with E-state index in [2.05, 4.69) is 6.92 Å². The Morgan fingerprint density at radius 1 is 0.696 bits per heavy atom. The van der Waals surface area contributed by atoms with Gasteiger partial charge in [-0.15, -0.1) is 0 Å². The van der Waals surface area contributed by atoms with Crippen molar-refractivity contribution in [3.63, 3.8) is 0 Å². The fourth-order valence-electron chi connectivity index (χ4n) is 2.45. The second-order valence-electron chi connectivity index (χ2n) is 6.13. The normalized spacial score (nSPS) is 14.1. The third-order valence-electron chi connectivity index (χ3n) is 3.69. The van der Waals surface area contributed by atoms with Gasteiger partial charge >= 0.3 is 0 Å². The first kappa shape index (κ1) is 22.8. The average molecular weight is 333 g/mol. The lowest BCUT2D eigenvalue weighted by Crippen LogP contribution is -2.24. The minimum absolute atomic E-state index is 0.0456. The van der Waals surface area contributed by atoms with E-state index in [0.29, 0.717) is 26.4 Å². The van der Waals surface area contributed by atoms with Crippen molar-refractivity contribution >= 4 is 0 Å². The molecule has 0 radical (unpaired) electrons. The van der Waals surface area contributed by atoms with Gasteiger partial charge in [0.05, 0.1) is 25.9 Å². The van der Waals surface area contributed by atoms with Gasteiger partial charge in [-0.25, -0.2) is 0 Å². The third-order valence-corrected chi connectivity index (χ3v) is 3.69. The molecule has 0 heterocycles. The van der Waals surface area contributed by atoms with E-state index in [4.69, 9.17) is 18.9 Å². The standard InChI is InChI=1S/C19H40O4/c1-5-7-8-9-10-11-12-13-14-20-15-16-21-17-18(3)23-19(4)22-6-2/h18-19H,5-17H2,1-4H3. The van der Waals surface area contributed by atoms with Gasteiger partial charge in [0.2, 0.25) is 0 Å². The Morgan fingerprint density at radius 3 is 1.96 bits per heavy atom. The number of hydrogen-bond donors (Lipinski definition) is 0. The van der Waals surface area contributed by atoms with Crippen LogP contribution >= 0.6 is 0 Å². The molecule has 0 spiro atoms. The van der Waals surface area contributed by atoms with Gasteiger partial charge in [-0.2, -0.15) is 0 Å². The zero-order valence-electron chi connectivity index (χ0n) is 16.0. The fourth-order valence-corrected chi connectivity index (χ4v) is 2.45. The lowest BCUT2D eigenvalue weighted by molar-refractivity contribution is -0.166. The van der Waals surface area contributed by atoms with Crippen LogP contribution in [0.2, 0.25) is 0 Å². The molecule has 0 aromatic heterocycles. The van der Waals surface area contributed by atoms with E-state index in [1.165, 1.54) is 51.4 Å². The minimum Gasteiger partial charge on any atom is -0.379 e. The molecule has 140 valence electrons. The summed E-state index contributed by atoms with van der Waals surface area (Å²) in [7, 11) is 0. The maximum atomic E-state index is 5.61. The van der Waals surface area contributed by atoms with Crippen molar-refractivity contribution in [3.8, 4) is 0 Å². The predicted molar refractivity (Wildman–Crippen MR) is 95.9 cm³/mol. The smallest absolute Gasteiger partial charge is 0.155 e. The summed E-state index contributed by atoms with van der Waals surface area (Å²) in [6.07, 6.45) is 10.6. The largest absolute Gasteiger partial charge is 0.379 e. The Balaban J connectivity index is 3.15. The molecule has 0 aliphatic rings. The number of hydrogen-bond acceptors (Lipinski definition) is 4. The highest BCUT2D eigenvalue weighted by atomic mass is 16.7. The second kappa shape index (κ2) is 18.2. The first-order chi connectivity index (χ1) is 11.2. The molecule has 0 aliphatic carbocycles. The van der Waals surface area contributed by atoms with Crippen LogP contribution < -0.4 is 0 Å². The first-order valence-electron chi connectivity index (χ1n) is 9.63. The summed E-state index contributed by atoms with van der Waals surface area (Å²) in [5.41, 5.74) is 0. The van der Waals surface area contributed by atoms with Gasteiger partial charge in [0.15, 0.2) is 6.29 Å². The molecule has 23 heavy (non-hydrogen) atoms. The van der Waals surface area contributed by atoms with Crippen LogP contribution in [0.1, 0.15) is 79.1 Å². The van der Waals surface area contributed by atoms with Crippen molar-refractivity contribution in [1.82, 2.24) is 0 Å². The maximum absolute atomic E-state index is 5.61. The average Bonchev–Trinajstić information content (AvgIpc) is 2.52. The molecule has 0 aromatic rings. The summed E-state index contributed by atoms with van der Waals surface area (Å²) < 4.78 is 22.1. The molecule has 0 aromatic carbocycles. The Morgan fingerprint density at radius 2 is 1.30 bits per heavy atom. The van der Waals surface area contributed by atoms with Crippen LogP contribution in [0.3, 0.4) is 0 Å². The van der Waals surface area contributed by atoms with Crippen LogP contribution in [0.25, 0.3) is 0 Å². The summed E-state index contributed by atoms with van der Waals surface area (Å²) >= 11 is 0. The molecule has 2 atom stereocenters. The van der Waals surface area contributed by atoms with Crippen LogP contribution in [0, 0.1) is 0 Å². The van der Waals surface area contributed by atoms with Crippen molar-refractivity contribution in [1.29, 1.82) is 0 Å². The minimum atomic E-state index is -0.170. The maximum Gasteiger partial charge on any atom is 0.155 e. The third kappa shape index (κ3) is 18.0. The highest BCUT2D eigenvalue weighted by Crippen LogP contribution is 2.08. The van der Waals surface area contributed by atoms with Crippen LogP contribution in [0.5, 0.6) is 0 Å². The quantitative estimate of drug-likeness (QED) is 0.263. The van der Waals surface area contributed by atoms with E-state index in [-0.39, 0.29) is 12.4 Å². The van der Waals surface area contributed by atoms with Gasteiger partial charge in [0.1, 0.15) is 0 Å². The Hall–Kier alpha value is -0.160. The van der Waals surface area contributed by atoms with Crippen LogP contribution in [-0.4, -0.2) is 45.4 Å². The molecule has 0 N–H and O–H groups in total. The SMILES string of the molecule is CCCCCCCCCCOCCOCC(C)OC(C)OCC. The molecule has 0 bridgehead atoms. The highest BCUT2D eigenvalue weighted by Gasteiger charge is 2.08. The molecule has 2 unspecified atom stereocenters. The van der Waals surface area contributed by atoms with Crippen LogP contribution in [0.4, 0.5) is 0 Å². The number of rotatable bonds is 18. The molecule has 0 rings (SSSR count). The van der Waals surface area contributed by atoms with Gasteiger partial charge in [-0.3, -0.25) is 0 Å². The first-order valence-corrected chi connectivity index (χ1v) is 9.63. The van der Waals surface area contributed by atoms with E-state index >= 15 is 0 Å².